The number of rotatable bonds is 2. The topological polar surface area (TPSA) is 65.4 Å². The van der Waals surface area contributed by atoms with Gasteiger partial charge in [-0.1, -0.05) is 46.3 Å². The van der Waals surface area contributed by atoms with Gasteiger partial charge in [0.15, 0.2) is 5.88 Å². The van der Waals surface area contributed by atoms with Gasteiger partial charge in [-0.25, -0.2) is 0 Å². The van der Waals surface area contributed by atoms with Crippen LogP contribution in [0.3, 0.4) is 0 Å². The molecule has 4 rings (SSSR count). The Kier molecular flexibility index (Phi) is 2.90. The van der Waals surface area contributed by atoms with Crippen LogP contribution in [-0.2, 0) is 6.42 Å². The third-order valence-corrected chi connectivity index (χ3v) is 4.55. The van der Waals surface area contributed by atoms with Crippen molar-refractivity contribution < 1.29 is 5.11 Å². The maximum atomic E-state index is 11.4. The fourth-order valence-electron chi connectivity index (χ4n) is 3.11. The molecule has 1 aliphatic carbocycles. The first-order valence-electron chi connectivity index (χ1n) is 6.84. The lowest BCUT2D eigenvalue weighted by atomic mass is 10.0. The third-order valence-electron chi connectivity index (χ3n) is 4.06. The highest BCUT2D eigenvalue weighted by Crippen LogP contribution is 2.44. The summed E-state index contributed by atoms with van der Waals surface area (Å²) in [5.41, 5.74) is 4.55. The number of fused-ring (bicyclic) bond motifs is 2. The van der Waals surface area contributed by atoms with E-state index in [0.717, 1.165) is 32.1 Å². The van der Waals surface area contributed by atoms with Gasteiger partial charge in [0.25, 0.3) is 0 Å². The lowest BCUT2D eigenvalue weighted by molar-refractivity contribution is 0.457. The number of nitrogens with zero attached hydrogens (tertiary/aromatic N) is 1. The van der Waals surface area contributed by atoms with E-state index >= 15 is 0 Å². The number of nitrogens with one attached hydrogen (secondary N) is 1. The average molecular weight is 355 g/mol. The monoisotopic (exact) mass is 354 g/mol. The van der Waals surface area contributed by atoms with Gasteiger partial charge in [0, 0.05) is 27.4 Å². The standard InChI is InChI=1S/C17H11BrN2O2/c18-10-5-6-12-14(8-10)19-17(21)15(12)13-7-9-3-1-2-4-11(9)16(13)20-22/h1-6,8,19,21H,7H2. The summed E-state index contributed by atoms with van der Waals surface area (Å²) >= 11 is 3.42. The number of H-pyrrole nitrogens is 1. The van der Waals surface area contributed by atoms with Crippen LogP contribution in [0.2, 0.25) is 0 Å². The van der Waals surface area contributed by atoms with Crippen LogP contribution in [0, 0.1) is 4.91 Å². The normalized spacial score (nSPS) is 13.7. The number of hydrogen-bond acceptors (Lipinski definition) is 3. The minimum absolute atomic E-state index is 0.0667. The Morgan fingerprint density at radius 3 is 2.82 bits per heavy atom. The molecule has 0 saturated heterocycles. The first-order valence-corrected chi connectivity index (χ1v) is 7.63. The van der Waals surface area contributed by atoms with Crippen molar-refractivity contribution in [2.45, 2.75) is 6.42 Å². The fourth-order valence-corrected chi connectivity index (χ4v) is 3.48. The Balaban J connectivity index is 2.00. The van der Waals surface area contributed by atoms with Gasteiger partial charge in [-0.15, -0.1) is 4.91 Å². The second kappa shape index (κ2) is 4.81. The molecule has 0 fully saturated rings. The molecule has 0 aliphatic heterocycles. The molecule has 5 heteroatoms. The third kappa shape index (κ3) is 1.82. The van der Waals surface area contributed by atoms with Crippen molar-refractivity contribution in [1.82, 2.24) is 4.98 Å². The second-order valence-electron chi connectivity index (χ2n) is 5.29. The highest BCUT2D eigenvalue weighted by molar-refractivity contribution is 9.10. The maximum absolute atomic E-state index is 11.4. The van der Waals surface area contributed by atoms with Gasteiger partial charge in [-0.3, -0.25) is 0 Å². The molecule has 0 radical (unpaired) electrons. The predicted molar refractivity (Wildman–Crippen MR) is 90.4 cm³/mol. The number of hydrogen-bond donors (Lipinski definition) is 2. The van der Waals surface area contributed by atoms with Gasteiger partial charge >= 0.3 is 0 Å². The van der Waals surface area contributed by atoms with Crippen LogP contribution < -0.4 is 0 Å². The molecule has 108 valence electrons. The molecule has 0 bridgehead atoms. The number of aromatic hydroxyl groups is 1. The summed E-state index contributed by atoms with van der Waals surface area (Å²) in [6.07, 6.45) is 0.591. The molecule has 1 aliphatic rings. The molecule has 0 saturated carbocycles. The van der Waals surface area contributed by atoms with Crippen molar-refractivity contribution in [2.75, 3.05) is 0 Å². The van der Waals surface area contributed by atoms with E-state index in [-0.39, 0.29) is 5.88 Å². The van der Waals surface area contributed by atoms with Crippen LogP contribution in [0.1, 0.15) is 16.7 Å². The zero-order chi connectivity index (χ0) is 15.3. The van der Waals surface area contributed by atoms with Crippen molar-refractivity contribution >= 4 is 38.1 Å². The zero-order valence-corrected chi connectivity index (χ0v) is 13.0. The smallest absolute Gasteiger partial charge is 0.197 e. The molecule has 0 unspecified atom stereocenters. The molecule has 2 N–H and O–H groups in total. The number of benzene rings is 2. The molecule has 2 aromatic carbocycles. The van der Waals surface area contributed by atoms with E-state index in [0.29, 0.717) is 17.7 Å². The minimum atomic E-state index is 0.0667. The zero-order valence-electron chi connectivity index (χ0n) is 11.4. The Bertz CT molecular complexity index is 956. The van der Waals surface area contributed by atoms with Crippen LogP contribution in [-0.4, -0.2) is 10.1 Å². The van der Waals surface area contributed by atoms with Crippen LogP contribution >= 0.6 is 15.9 Å². The van der Waals surface area contributed by atoms with Crippen molar-refractivity contribution in [1.29, 1.82) is 0 Å². The number of aromatic amines is 1. The Morgan fingerprint density at radius 1 is 1.18 bits per heavy atom. The van der Waals surface area contributed by atoms with Gasteiger partial charge in [0.1, 0.15) is 5.70 Å². The SMILES string of the molecule is O=NC1=C(c2c(O)[nH]c3cc(Br)ccc23)Cc2ccccc21. The fraction of sp³-hybridized carbons (Fsp3) is 0.0588. The number of nitroso groups, excluding NO2 is 1. The van der Waals surface area contributed by atoms with Crippen molar-refractivity contribution in [3.63, 3.8) is 0 Å². The van der Waals surface area contributed by atoms with Crippen LogP contribution in [0.15, 0.2) is 52.1 Å². The summed E-state index contributed by atoms with van der Waals surface area (Å²) < 4.78 is 0.922. The van der Waals surface area contributed by atoms with E-state index in [1.807, 2.05) is 42.5 Å². The van der Waals surface area contributed by atoms with Crippen LogP contribution in [0.25, 0.3) is 22.2 Å². The summed E-state index contributed by atoms with van der Waals surface area (Å²) in [6, 6.07) is 13.4. The largest absolute Gasteiger partial charge is 0.494 e. The van der Waals surface area contributed by atoms with Gasteiger partial charge in [-0.2, -0.15) is 0 Å². The lowest BCUT2D eigenvalue weighted by Crippen LogP contribution is -1.85. The maximum Gasteiger partial charge on any atom is 0.197 e. The molecule has 4 nitrogen and oxygen atoms in total. The van der Waals surface area contributed by atoms with E-state index in [1.165, 1.54) is 0 Å². The molecular weight excluding hydrogens is 344 g/mol. The van der Waals surface area contributed by atoms with Gasteiger partial charge < -0.3 is 10.1 Å². The molecule has 0 spiro atoms. The lowest BCUT2D eigenvalue weighted by Gasteiger charge is -2.02. The number of halogens is 1. The summed E-state index contributed by atoms with van der Waals surface area (Å²) in [4.78, 5) is 14.3. The second-order valence-corrected chi connectivity index (χ2v) is 6.21. The average Bonchev–Trinajstić information content (AvgIpc) is 3.02. The first-order chi connectivity index (χ1) is 10.7. The summed E-state index contributed by atoms with van der Waals surface area (Å²) in [5.74, 6) is 0.0667. The highest BCUT2D eigenvalue weighted by Gasteiger charge is 2.27. The molecular formula is C17H11BrN2O2. The van der Waals surface area contributed by atoms with Crippen LogP contribution in [0.5, 0.6) is 5.88 Å². The Hall–Kier alpha value is -2.40. The first kappa shape index (κ1) is 13.3. The van der Waals surface area contributed by atoms with Gasteiger partial charge in [0.2, 0.25) is 0 Å². The van der Waals surface area contributed by atoms with E-state index in [9.17, 15) is 10.0 Å². The summed E-state index contributed by atoms with van der Waals surface area (Å²) in [6.45, 7) is 0. The molecule has 0 amide bonds. The highest BCUT2D eigenvalue weighted by atomic mass is 79.9. The molecule has 1 aromatic heterocycles. The predicted octanol–water partition coefficient (Wildman–Crippen LogP) is 4.83. The van der Waals surface area contributed by atoms with Gasteiger partial charge in [-0.05, 0) is 28.4 Å². The summed E-state index contributed by atoms with van der Waals surface area (Å²) in [7, 11) is 0. The molecule has 22 heavy (non-hydrogen) atoms. The molecule has 0 atom stereocenters. The Morgan fingerprint density at radius 2 is 2.00 bits per heavy atom. The van der Waals surface area contributed by atoms with E-state index in [1.54, 1.807) is 0 Å². The summed E-state index contributed by atoms with van der Waals surface area (Å²) in [5, 5.41) is 14.4. The number of allylic oxidation sites excluding steroid dienone is 1. The van der Waals surface area contributed by atoms with Crippen molar-refractivity contribution in [3.8, 4) is 5.88 Å². The molecule has 1 heterocycles. The van der Waals surface area contributed by atoms with Crippen molar-refractivity contribution in [3.05, 3.63) is 68.5 Å². The van der Waals surface area contributed by atoms with Crippen molar-refractivity contribution in [2.24, 2.45) is 5.18 Å². The number of aromatic nitrogens is 1. The molecule has 3 aromatic rings. The quantitative estimate of drug-likeness (QED) is 0.647. The van der Waals surface area contributed by atoms with E-state index in [2.05, 4.69) is 26.1 Å². The van der Waals surface area contributed by atoms with Gasteiger partial charge in [0.05, 0.1) is 5.52 Å². The van der Waals surface area contributed by atoms with Crippen LogP contribution in [0.4, 0.5) is 0 Å². The van der Waals surface area contributed by atoms with E-state index in [4.69, 9.17) is 0 Å². The minimum Gasteiger partial charge on any atom is -0.494 e. The van der Waals surface area contributed by atoms with E-state index < -0.39 is 0 Å². The Labute approximate surface area is 134 Å².